The molecule has 112 valence electrons. The van der Waals surface area contributed by atoms with E-state index >= 15 is 0 Å². The van der Waals surface area contributed by atoms with Crippen LogP contribution < -0.4 is 0 Å². The third kappa shape index (κ3) is 4.38. The lowest BCUT2D eigenvalue weighted by Crippen LogP contribution is -2.42. The van der Waals surface area contributed by atoms with Crippen LogP contribution in [0.25, 0.3) is 0 Å². The van der Waals surface area contributed by atoms with Crippen molar-refractivity contribution in [1.29, 1.82) is 0 Å². The van der Waals surface area contributed by atoms with Gasteiger partial charge in [0.05, 0.1) is 19.3 Å². The van der Waals surface area contributed by atoms with Crippen LogP contribution >= 0.6 is 0 Å². The van der Waals surface area contributed by atoms with Gasteiger partial charge in [-0.15, -0.1) is 0 Å². The summed E-state index contributed by atoms with van der Waals surface area (Å²) in [6, 6.07) is -0.803. The minimum atomic E-state index is -0.803. The second kappa shape index (κ2) is 7.69. The number of aliphatic hydroxyl groups is 1. The van der Waals surface area contributed by atoms with E-state index in [2.05, 4.69) is 6.58 Å². The van der Waals surface area contributed by atoms with Gasteiger partial charge >= 0.3 is 12.1 Å². The Labute approximate surface area is 118 Å². The SMILES string of the molecule is C=C(C=CC)COC(=O)C1CC(O)CN1C(=O)OCC. The highest BCUT2D eigenvalue weighted by atomic mass is 16.6. The highest BCUT2D eigenvalue weighted by Gasteiger charge is 2.40. The van der Waals surface area contributed by atoms with Crippen molar-refractivity contribution in [2.24, 2.45) is 0 Å². The third-order valence-electron chi connectivity index (χ3n) is 2.86. The second-order valence-electron chi connectivity index (χ2n) is 4.52. The number of hydrogen-bond donors (Lipinski definition) is 1. The number of hydrogen-bond acceptors (Lipinski definition) is 5. The maximum absolute atomic E-state index is 12.0. The standard InChI is InChI=1S/C14H21NO5/c1-4-6-10(3)9-20-13(17)12-7-11(16)8-15(12)14(18)19-5-2/h4,6,11-12,16H,3,5,7-9H2,1-2H3. The maximum atomic E-state index is 12.0. The van der Waals surface area contributed by atoms with Crippen molar-refractivity contribution in [2.75, 3.05) is 19.8 Å². The van der Waals surface area contributed by atoms with E-state index in [-0.39, 0.29) is 26.2 Å². The fourth-order valence-electron chi connectivity index (χ4n) is 1.99. The molecule has 0 aromatic rings. The molecule has 2 unspecified atom stereocenters. The van der Waals surface area contributed by atoms with Gasteiger partial charge in [-0.05, 0) is 19.4 Å². The van der Waals surface area contributed by atoms with Crippen LogP contribution in [0.2, 0.25) is 0 Å². The van der Waals surface area contributed by atoms with E-state index in [1.807, 2.05) is 6.92 Å². The molecular weight excluding hydrogens is 262 g/mol. The molecule has 1 amide bonds. The van der Waals surface area contributed by atoms with E-state index in [1.54, 1.807) is 19.1 Å². The Balaban J connectivity index is 2.60. The van der Waals surface area contributed by atoms with Crippen molar-refractivity contribution < 1.29 is 24.2 Å². The molecule has 1 N–H and O–H groups in total. The number of carbonyl (C=O) groups is 2. The minimum Gasteiger partial charge on any atom is -0.459 e. The molecule has 0 spiro atoms. The van der Waals surface area contributed by atoms with E-state index in [4.69, 9.17) is 9.47 Å². The molecule has 1 aliphatic rings. The zero-order valence-electron chi connectivity index (χ0n) is 11.9. The lowest BCUT2D eigenvalue weighted by Gasteiger charge is -2.22. The van der Waals surface area contributed by atoms with E-state index in [1.165, 1.54) is 4.90 Å². The van der Waals surface area contributed by atoms with Crippen molar-refractivity contribution in [2.45, 2.75) is 32.4 Å². The molecule has 1 rings (SSSR count). The molecule has 0 bridgehead atoms. The van der Waals surface area contributed by atoms with E-state index < -0.39 is 24.2 Å². The summed E-state index contributed by atoms with van der Waals surface area (Å²) in [5.74, 6) is -0.555. The zero-order valence-corrected chi connectivity index (χ0v) is 11.9. The van der Waals surface area contributed by atoms with Gasteiger partial charge in [-0.25, -0.2) is 9.59 Å². The van der Waals surface area contributed by atoms with Crippen LogP contribution in [0.5, 0.6) is 0 Å². The maximum Gasteiger partial charge on any atom is 0.410 e. The predicted molar refractivity (Wildman–Crippen MR) is 73.1 cm³/mol. The van der Waals surface area contributed by atoms with Crippen molar-refractivity contribution in [1.82, 2.24) is 4.90 Å². The van der Waals surface area contributed by atoms with Gasteiger partial charge in [0.15, 0.2) is 0 Å². The number of aliphatic hydroxyl groups excluding tert-OH is 1. The van der Waals surface area contributed by atoms with Gasteiger partial charge in [-0.1, -0.05) is 18.7 Å². The van der Waals surface area contributed by atoms with Gasteiger partial charge in [-0.3, -0.25) is 4.90 Å². The van der Waals surface area contributed by atoms with Gasteiger partial charge in [0.25, 0.3) is 0 Å². The summed E-state index contributed by atoms with van der Waals surface area (Å²) in [4.78, 5) is 24.9. The molecule has 0 aliphatic carbocycles. The molecule has 6 nitrogen and oxygen atoms in total. The van der Waals surface area contributed by atoms with Crippen molar-refractivity contribution in [3.05, 3.63) is 24.3 Å². The lowest BCUT2D eigenvalue weighted by atomic mass is 10.2. The normalized spacial score (nSPS) is 22.1. The number of esters is 1. The molecule has 1 heterocycles. The van der Waals surface area contributed by atoms with E-state index in [0.29, 0.717) is 5.57 Å². The summed E-state index contributed by atoms with van der Waals surface area (Å²) in [5.41, 5.74) is 0.655. The van der Waals surface area contributed by atoms with Gasteiger partial charge < -0.3 is 14.6 Å². The molecule has 20 heavy (non-hydrogen) atoms. The van der Waals surface area contributed by atoms with Gasteiger partial charge in [0.2, 0.25) is 0 Å². The molecule has 0 radical (unpaired) electrons. The lowest BCUT2D eigenvalue weighted by molar-refractivity contribution is -0.147. The highest BCUT2D eigenvalue weighted by Crippen LogP contribution is 2.20. The molecule has 0 aromatic carbocycles. The first-order valence-corrected chi connectivity index (χ1v) is 6.58. The van der Waals surface area contributed by atoms with Crippen LogP contribution in [0.15, 0.2) is 24.3 Å². The fourth-order valence-corrected chi connectivity index (χ4v) is 1.99. The minimum absolute atomic E-state index is 0.0619. The summed E-state index contributed by atoms with van der Waals surface area (Å²) in [5, 5.41) is 9.61. The first-order valence-electron chi connectivity index (χ1n) is 6.58. The van der Waals surface area contributed by atoms with Crippen LogP contribution in [0.3, 0.4) is 0 Å². The number of ether oxygens (including phenoxy) is 2. The number of likely N-dealkylation sites (tertiary alicyclic amines) is 1. The van der Waals surface area contributed by atoms with Gasteiger partial charge in [0, 0.05) is 6.42 Å². The Morgan fingerprint density at radius 3 is 2.75 bits per heavy atom. The largest absolute Gasteiger partial charge is 0.459 e. The van der Waals surface area contributed by atoms with Crippen molar-refractivity contribution in [3.63, 3.8) is 0 Å². The van der Waals surface area contributed by atoms with Crippen LogP contribution in [0.1, 0.15) is 20.3 Å². The first-order chi connectivity index (χ1) is 9.49. The summed E-state index contributed by atoms with van der Waals surface area (Å²) >= 11 is 0. The molecule has 1 saturated heterocycles. The Bertz CT molecular complexity index is 404. The van der Waals surface area contributed by atoms with Crippen LogP contribution in [-0.4, -0.2) is 54.0 Å². The molecule has 2 atom stereocenters. The summed E-state index contributed by atoms with van der Waals surface area (Å²) in [6.07, 6.45) is 2.34. The van der Waals surface area contributed by atoms with Crippen LogP contribution in [0, 0.1) is 0 Å². The predicted octanol–water partition coefficient (Wildman–Crippen LogP) is 1.25. The average molecular weight is 283 g/mol. The molecule has 0 saturated carbocycles. The quantitative estimate of drug-likeness (QED) is 0.607. The monoisotopic (exact) mass is 283 g/mol. The third-order valence-corrected chi connectivity index (χ3v) is 2.86. The first kappa shape index (κ1) is 16.2. The molecule has 6 heteroatoms. The average Bonchev–Trinajstić information content (AvgIpc) is 2.79. The number of rotatable bonds is 5. The summed E-state index contributed by atoms with van der Waals surface area (Å²) < 4.78 is 9.95. The zero-order chi connectivity index (χ0) is 15.1. The number of amides is 1. The number of allylic oxidation sites excluding steroid dienone is 1. The fraction of sp³-hybridized carbons (Fsp3) is 0.571. The molecular formula is C14H21NO5. The number of nitrogens with zero attached hydrogens (tertiary/aromatic N) is 1. The number of carbonyl (C=O) groups excluding carboxylic acids is 2. The Morgan fingerprint density at radius 1 is 1.45 bits per heavy atom. The number of β-amino-alcohol motifs (C(OH)–C–C–N with tert-alkyl or cyclic N) is 1. The van der Waals surface area contributed by atoms with Gasteiger partial charge in [-0.2, -0.15) is 0 Å². The molecule has 1 fully saturated rings. The van der Waals surface area contributed by atoms with E-state index in [0.717, 1.165) is 0 Å². The second-order valence-corrected chi connectivity index (χ2v) is 4.52. The van der Waals surface area contributed by atoms with Gasteiger partial charge in [0.1, 0.15) is 12.6 Å². The Hall–Kier alpha value is -1.82. The van der Waals surface area contributed by atoms with Crippen LogP contribution in [0.4, 0.5) is 4.79 Å². The Morgan fingerprint density at radius 2 is 2.15 bits per heavy atom. The Kier molecular flexibility index (Phi) is 6.24. The summed E-state index contributed by atoms with van der Waals surface area (Å²) in [7, 11) is 0. The highest BCUT2D eigenvalue weighted by molar-refractivity contribution is 5.82. The van der Waals surface area contributed by atoms with Crippen molar-refractivity contribution >= 4 is 12.1 Å². The summed E-state index contributed by atoms with van der Waals surface area (Å²) in [6.45, 7) is 7.59. The molecule has 0 aromatic heterocycles. The van der Waals surface area contributed by atoms with Crippen molar-refractivity contribution in [3.8, 4) is 0 Å². The van der Waals surface area contributed by atoms with Crippen LogP contribution in [-0.2, 0) is 14.3 Å². The molecule has 1 aliphatic heterocycles. The topological polar surface area (TPSA) is 76.1 Å². The smallest absolute Gasteiger partial charge is 0.410 e. The van der Waals surface area contributed by atoms with E-state index in [9.17, 15) is 14.7 Å².